The standard InChI is InChI=1S/C14H17NO4/c1-14(2)12(13(17)18)15(11(16)9-19-14)8-10-6-4-3-5-7-10/h3-7,12H,8-9H2,1-2H3,(H,17,18). The van der Waals surface area contributed by atoms with Gasteiger partial charge in [-0.25, -0.2) is 4.79 Å². The third-order valence-corrected chi connectivity index (χ3v) is 3.29. The zero-order valence-corrected chi connectivity index (χ0v) is 11.0. The van der Waals surface area contributed by atoms with Crippen LogP contribution in [0.15, 0.2) is 30.3 Å². The van der Waals surface area contributed by atoms with Crippen molar-refractivity contribution in [3.8, 4) is 0 Å². The van der Waals surface area contributed by atoms with Gasteiger partial charge in [-0.3, -0.25) is 4.79 Å². The number of rotatable bonds is 3. The molecule has 0 spiro atoms. The number of carbonyl (C=O) groups excluding carboxylic acids is 1. The van der Waals surface area contributed by atoms with E-state index in [0.717, 1.165) is 5.56 Å². The number of carboxylic acid groups (broad SMARTS) is 1. The van der Waals surface area contributed by atoms with Gasteiger partial charge < -0.3 is 14.7 Å². The highest BCUT2D eigenvalue weighted by molar-refractivity contribution is 5.86. The first-order valence-corrected chi connectivity index (χ1v) is 6.12. The Balaban J connectivity index is 2.28. The molecule has 0 aromatic heterocycles. The molecule has 0 saturated carbocycles. The number of carboxylic acids is 1. The molecular formula is C14H17NO4. The molecule has 0 bridgehead atoms. The summed E-state index contributed by atoms with van der Waals surface area (Å²) >= 11 is 0. The number of ether oxygens (including phenoxy) is 1. The maximum absolute atomic E-state index is 11.9. The lowest BCUT2D eigenvalue weighted by Crippen LogP contribution is -2.62. The minimum Gasteiger partial charge on any atom is -0.480 e. The Hall–Kier alpha value is -1.88. The molecule has 1 saturated heterocycles. The first-order valence-electron chi connectivity index (χ1n) is 6.12. The van der Waals surface area contributed by atoms with Crippen molar-refractivity contribution in [2.75, 3.05) is 6.61 Å². The summed E-state index contributed by atoms with van der Waals surface area (Å²) in [6.07, 6.45) is 0. The monoisotopic (exact) mass is 263 g/mol. The van der Waals surface area contributed by atoms with Crippen molar-refractivity contribution in [3.63, 3.8) is 0 Å². The SMILES string of the molecule is CC1(C)OCC(=O)N(Cc2ccccc2)C1C(=O)O. The number of morpholine rings is 1. The van der Waals surface area contributed by atoms with E-state index in [1.807, 2.05) is 30.3 Å². The summed E-state index contributed by atoms with van der Waals surface area (Å²) in [4.78, 5) is 24.8. The van der Waals surface area contributed by atoms with Gasteiger partial charge in [0.05, 0.1) is 5.60 Å². The van der Waals surface area contributed by atoms with Crippen molar-refractivity contribution in [2.24, 2.45) is 0 Å². The van der Waals surface area contributed by atoms with Crippen LogP contribution in [0.2, 0.25) is 0 Å². The molecule has 1 unspecified atom stereocenters. The van der Waals surface area contributed by atoms with Gasteiger partial charge in [0.25, 0.3) is 0 Å². The summed E-state index contributed by atoms with van der Waals surface area (Å²) < 4.78 is 5.35. The van der Waals surface area contributed by atoms with Gasteiger partial charge in [-0.05, 0) is 19.4 Å². The number of hydrogen-bond donors (Lipinski definition) is 1. The molecule has 1 aliphatic rings. The Morgan fingerprint density at radius 1 is 1.42 bits per heavy atom. The van der Waals surface area contributed by atoms with Crippen LogP contribution in [0.1, 0.15) is 19.4 Å². The molecule has 102 valence electrons. The Labute approximate surface area is 111 Å². The van der Waals surface area contributed by atoms with Crippen LogP contribution in [-0.2, 0) is 20.9 Å². The van der Waals surface area contributed by atoms with Crippen molar-refractivity contribution >= 4 is 11.9 Å². The van der Waals surface area contributed by atoms with Crippen molar-refractivity contribution < 1.29 is 19.4 Å². The highest BCUT2D eigenvalue weighted by Crippen LogP contribution is 2.27. The molecule has 5 heteroatoms. The molecule has 1 aromatic rings. The maximum atomic E-state index is 11.9. The van der Waals surface area contributed by atoms with E-state index in [1.54, 1.807) is 13.8 Å². The molecule has 1 N–H and O–H groups in total. The van der Waals surface area contributed by atoms with E-state index < -0.39 is 17.6 Å². The smallest absolute Gasteiger partial charge is 0.329 e. The topological polar surface area (TPSA) is 66.8 Å². The Bertz CT molecular complexity index is 483. The fourth-order valence-corrected chi connectivity index (χ4v) is 2.32. The molecule has 2 rings (SSSR count). The van der Waals surface area contributed by atoms with Crippen LogP contribution in [0.3, 0.4) is 0 Å². The van der Waals surface area contributed by atoms with Gasteiger partial charge in [-0.2, -0.15) is 0 Å². The molecule has 1 aliphatic heterocycles. The normalized spacial score (nSPS) is 22.3. The molecule has 1 aromatic carbocycles. The van der Waals surface area contributed by atoms with Crippen molar-refractivity contribution in [2.45, 2.75) is 32.0 Å². The maximum Gasteiger partial charge on any atom is 0.329 e. The summed E-state index contributed by atoms with van der Waals surface area (Å²) in [5.41, 5.74) is 0.00827. The Morgan fingerprint density at radius 2 is 2.05 bits per heavy atom. The molecule has 0 radical (unpaired) electrons. The lowest BCUT2D eigenvalue weighted by Gasteiger charge is -2.43. The van der Waals surface area contributed by atoms with E-state index in [9.17, 15) is 14.7 Å². The number of nitrogens with zero attached hydrogens (tertiary/aromatic N) is 1. The zero-order chi connectivity index (χ0) is 14.0. The Kier molecular flexibility index (Phi) is 3.57. The van der Waals surface area contributed by atoms with Crippen molar-refractivity contribution in [1.82, 2.24) is 4.90 Å². The number of benzene rings is 1. The van der Waals surface area contributed by atoms with Crippen LogP contribution < -0.4 is 0 Å². The molecule has 5 nitrogen and oxygen atoms in total. The lowest BCUT2D eigenvalue weighted by atomic mass is 9.94. The summed E-state index contributed by atoms with van der Waals surface area (Å²) in [5.74, 6) is -1.34. The second-order valence-corrected chi connectivity index (χ2v) is 5.14. The van der Waals surface area contributed by atoms with Gasteiger partial charge in [0.2, 0.25) is 5.91 Å². The summed E-state index contributed by atoms with van der Waals surface area (Å²) in [7, 11) is 0. The van der Waals surface area contributed by atoms with Crippen molar-refractivity contribution in [3.05, 3.63) is 35.9 Å². The summed E-state index contributed by atoms with van der Waals surface area (Å²) in [6, 6.07) is 8.36. The minimum absolute atomic E-state index is 0.0797. The van der Waals surface area contributed by atoms with Gasteiger partial charge in [-0.15, -0.1) is 0 Å². The molecular weight excluding hydrogens is 246 g/mol. The molecule has 0 aliphatic carbocycles. The second-order valence-electron chi connectivity index (χ2n) is 5.14. The van der Waals surface area contributed by atoms with Gasteiger partial charge in [0, 0.05) is 6.54 Å². The van der Waals surface area contributed by atoms with Crippen molar-refractivity contribution in [1.29, 1.82) is 0 Å². The van der Waals surface area contributed by atoms with Crippen LogP contribution in [0.25, 0.3) is 0 Å². The van der Waals surface area contributed by atoms with Gasteiger partial charge >= 0.3 is 5.97 Å². The Morgan fingerprint density at radius 3 is 2.63 bits per heavy atom. The van der Waals surface area contributed by atoms with E-state index in [2.05, 4.69) is 0 Å². The molecule has 19 heavy (non-hydrogen) atoms. The second kappa shape index (κ2) is 5.01. The molecule has 1 fully saturated rings. The van der Waals surface area contributed by atoms with E-state index in [4.69, 9.17) is 4.74 Å². The molecule has 1 amide bonds. The third-order valence-electron chi connectivity index (χ3n) is 3.29. The van der Waals surface area contributed by atoms with Gasteiger partial charge in [0.1, 0.15) is 6.61 Å². The van der Waals surface area contributed by atoms with Crippen LogP contribution in [0.4, 0.5) is 0 Å². The van der Waals surface area contributed by atoms with Gasteiger partial charge in [-0.1, -0.05) is 30.3 Å². The quantitative estimate of drug-likeness (QED) is 0.892. The van der Waals surface area contributed by atoms with Crippen LogP contribution in [0.5, 0.6) is 0 Å². The first-order chi connectivity index (χ1) is 8.92. The molecule has 1 heterocycles. The number of amides is 1. The van der Waals surface area contributed by atoms with E-state index in [1.165, 1.54) is 4.90 Å². The zero-order valence-electron chi connectivity index (χ0n) is 11.0. The fourth-order valence-electron chi connectivity index (χ4n) is 2.32. The highest BCUT2D eigenvalue weighted by atomic mass is 16.5. The highest BCUT2D eigenvalue weighted by Gasteiger charge is 2.46. The largest absolute Gasteiger partial charge is 0.480 e. The van der Waals surface area contributed by atoms with E-state index >= 15 is 0 Å². The van der Waals surface area contributed by atoms with Crippen LogP contribution >= 0.6 is 0 Å². The number of hydrogen-bond acceptors (Lipinski definition) is 3. The minimum atomic E-state index is -1.05. The van der Waals surface area contributed by atoms with E-state index in [-0.39, 0.29) is 19.1 Å². The van der Waals surface area contributed by atoms with Gasteiger partial charge in [0.15, 0.2) is 6.04 Å². The summed E-state index contributed by atoms with van der Waals surface area (Å²) in [5, 5.41) is 9.37. The fraction of sp³-hybridized carbons (Fsp3) is 0.429. The third kappa shape index (κ3) is 2.76. The van der Waals surface area contributed by atoms with E-state index in [0.29, 0.717) is 0 Å². The first kappa shape index (κ1) is 13.5. The predicted octanol–water partition coefficient (Wildman–Crippen LogP) is 1.28. The van der Waals surface area contributed by atoms with Crippen LogP contribution in [0, 0.1) is 0 Å². The average Bonchev–Trinajstić information content (AvgIpc) is 2.34. The lowest BCUT2D eigenvalue weighted by molar-refractivity contribution is -0.185. The summed E-state index contributed by atoms with van der Waals surface area (Å²) in [6.45, 7) is 3.58. The number of carbonyl (C=O) groups is 2. The molecule has 1 atom stereocenters. The van der Waals surface area contributed by atoms with Crippen LogP contribution in [-0.4, -0.2) is 40.1 Å². The average molecular weight is 263 g/mol. The number of aliphatic carboxylic acids is 1. The predicted molar refractivity (Wildman–Crippen MR) is 68.4 cm³/mol.